The number of rotatable bonds is 7. The van der Waals surface area contributed by atoms with Gasteiger partial charge in [-0.25, -0.2) is 4.98 Å². The monoisotopic (exact) mass is 277 g/mol. The second-order valence-electron chi connectivity index (χ2n) is 5.81. The van der Waals surface area contributed by atoms with Crippen LogP contribution in [0.5, 0.6) is 0 Å². The third-order valence-corrected chi connectivity index (χ3v) is 4.90. The third kappa shape index (κ3) is 2.80. The van der Waals surface area contributed by atoms with Crippen LogP contribution < -0.4 is 0 Å². The molecule has 0 spiro atoms. The zero-order chi connectivity index (χ0) is 14.6. The molecule has 1 fully saturated rings. The highest BCUT2D eigenvalue weighted by molar-refractivity contribution is 5.88. The predicted octanol–water partition coefficient (Wildman–Crippen LogP) is 2.58. The molecule has 0 N–H and O–H groups in total. The van der Waals surface area contributed by atoms with Crippen molar-refractivity contribution in [2.45, 2.75) is 57.9 Å². The minimum absolute atomic E-state index is 0.234. The van der Waals surface area contributed by atoms with Gasteiger partial charge in [0.1, 0.15) is 5.82 Å². The fourth-order valence-corrected chi connectivity index (χ4v) is 3.51. The van der Waals surface area contributed by atoms with Gasteiger partial charge in [0, 0.05) is 32.3 Å². The topological polar surface area (TPSA) is 38.1 Å². The molecule has 1 aromatic rings. The Morgan fingerprint density at radius 2 is 1.95 bits per heavy atom. The Labute approximate surface area is 122 Å². The van der Waals surface area contributed by atoms with E-state index in [0.717, 1.165) is 38.2 Å². The van der Waals surface area contributed by atoms with Gasteiger partial charge < -0.3 is 4.57 Å². The molecule has 1 aliphatic rings. The molecule has 0 saturated carbocycles. The lowest BCUT2D eigenvalue weighted by molar-refractivity contribution is -0.131. The molecule has 0 radical (unpaired) electrons. The van der Waals surface area contributed by atoms with E-state index in [4.69, 9.17) is 0 Å². The molecule has 4 heteroatoms. The molecule has 0 unspecified atom stereocenters. The minimum Gasteiger partial charge on any atom is -0.338 e. The van der Waals surface area contributed by atoms with E-state index in [9.17, 15) is 4.79 Å². The molecule has 1 aliphatic heterocycles. The second-order valence-corrected chi connectivity index (χ2v) is 5.81. The fourth-order valence-electron chi connectivity index (χ4n) is 3.51. The Morgan fingerprint density at radius 1 is 1.30 bits per heavy atom. The van der Waals surface area contributed by atoms with E-state index in [1.165, 1.54) is 12.8 Å². The van der Waals surface area contributed by atoms with Gasteiger partial charge in [-0.2, -0.15) is 0 Å². The van der Waals surface area contributed by atoms with Gasteiger partial charge in [-0.05, 0) is 38.8 Å². The van der Waals surface area contributed by atoms with Crippen molar-refractivity contribution in [2.24, 2.45) is 7.05 Å². The van der Waals surface area contributed by atoms with Crippen molar-refractivity contribution in [3.63, 3.8) is 0 Å². The average Bonchev–Trinajstić information content (AvgIpc) is 3.11. The maximum Gasteiger partial charge on any atom is 0.153 e. The van der Waals surface area contributed by atoms with E-state index in [-0.39, 0.29) is 5.54 Å². The first-order valence-electron chi connectivity index (χ1n) is 7.88. The van der Waals surface area contributed by atoms with Crippen molar-refractivity contribution in [3.05, 3.63) is 18.2 Å². The standard InChI is InChI=1S/C16H27N3O/c1-4-16(5-2,19-11-6-7-12-19)14(20)8-9-15-17-10-13-18(15)3/h10,13H,4-9,11-12H2,1-3H3. The molecule has 1 saturated heterocycles. The number of hydrogen-bond donors (Lipinski definition) is 0. The number of ketones is 1. The molecule has 2 heterocycles. The van der Waals surface area contributed by atoms with Crippen LogP contribution in [0.2, 0.25) is 0 Å². The smallest absolute Gasteiger partial charge is 0.153 e. The summed E-state index contributed by atoms with van der Waals surface area (Å²) in [6, 6.07) is 0. The van der Waals surface area contributed by atoms with E-state index in [1.807, 2.05) is 17.8 Å². The summed E-state index contributed by atoms with van der Waals surface area (Å²) in [6.45, 7) is 6.46. The van der Waals surface area contributed by atoms with Crippen LogP contribution in [0.3, 0.4) is 0 Å². The summed E-state index contributed by atoms with van der Waals surface area (Å²) in [4.78, 5) is 19.6. The second kappa shape index (κ2) is 6.53. The number of hydrogen-bond acceptors (Lipinski definition) is 3. The number of aryl methyl sites for hydroxylation is 2. The Balaban J connectivity index is 2.05. The van der Waals surface area contributed by atoms with Gasteiger partial charge >= 0.3 is 0 Å². The van der Waals surface area contributed by atoms with Crippen LogP contribution in [0.15, 0.2) is 12.4 Å². The largest absolute Gasteiger partial charge is 0.338 e. The number of carbonyl (C=O) groups is 1. The van der Waals surface area contributed by atoms with Crippen LogP contribution in [0.25, 0.3) is 0 Å². The first-order chi connectivity index (χ1) is 9.64. The molecule has 0 amide bonds. The minimum atomic E-state index is -0.234. The maximum absolute atomic E-state index is 12.8. The van der Waals surface area contributed by atoms with Crippen molar-refractivity contribution in [1.29, 1.82) is 0 Å². The van der Waals surface area contributed by atoms with E-state index in [2.05, 4.69) is 23.7 Å². The normalized spacial score (nSPS) is 16.8. The highest BCUT2D eigenvalue weighted by Gasteiger charge is 2.40. The van der Waals surface area contributed by atoms with Crippen LogP contribution in [0.1, 0.15) is 51.8 Å². The lowest BCUT2D eigenvalue weighted by atomic mass is 9.84. The molecule has 20 heavy (non-hydrogen) atoms. The Kier molecular flexibility index (Phi) is 4.97. The van der Waals surface area contributed by atoms with Crippen molar-refractivity contribution >= 4 is 5.78 Å². The van der Waals surface area contributed by atoms with Crippen LogP contribution in [0, 0.1) is 0 Å². The zero-order valence-electron chi connectivity index (χ0n) is 13.1. The van der Waals surface area contributed by atoms with Crippen molar-refractivity contribution < 1.29 is 4.79 Å². The molecular weight excluding hydrogens is 250 g/mol. The Bertz CT molecular complexity index is 442. The third-order valence-electron chi connectivity index (χ3n) is 4.90. The molecular formula is C16H27N3O. The zero-order valence-corrected chi connectivity index (χ0v) is 13.1. The van der Waals surface area contributed by atoms with Gasteiger partial charge in [0.05, 0.1) is 5.54 Å². The quantitative estimate of drug-likeness (QED) is 0.769. The van der Waals surface area contributed by atoms with E-state index in [0.29, 0.717) is 12.2 Å². The van der Waals surface area contributed by atoms with E-state index in [1.54, 1.807) is 6.20 Å². The van der Waals surface area contributed by atoms with Gasteiger partial charge in [-0.3, -0.25) is 9.69 Å². The predicted molar refractivity (Wildman–Crippen MR) is 80.7 cm³/mol. The average molecular weight is 277 g/mol. The summed E-state index contributed by atoms with van der Waals surface area (Å²) in [5.41, 5.74) is -0.234. The summed E-state index contributed by atoms with van der Waals surface area (Å²) in [7, 11) is 1.99. The first-order valence-corrected chi connectivity index (χ1v) is 7.88. The summed E-state index contributed by atoms with van der Waals surface area (Å²) in [6.07, 6.45) is 9.38. The van der Waals surface area contributed by atoms with Crippen LogP contribution >= 0.6 is 0 Å². The van der Waals surface area contributed by atoms with E-state index >= 15 is 0 Å². The molecule has 112 valence electrons. The number of nitrogens with zero attached hydrogens (tertiary/aromatic N) is 3. The Morgan fingerprint density at radius 3 is 2.45 bits per heavy atom. The summed E-state index contributed by atoms with van der Waals surface area (Å²) >= 11 is 0. The van der Waals surface area contributed by atoms with E-state index < -0.39 is 0 Å². The summed E-state index contributed by atoms with van der Waals surface area (Å²) in [5.74, 6) is 1.40. The first kappa shape index (κ1) is 15.2. The Hall–Kier alpha value is -1.16. The number of carbonyl (C=O) groups excluding carboxylic acids is 1. The molecule has 0 atom stereocenters. The summed E-state index contributed by atoms with van der Waals surface area (Å²) in [5, 5.41) is 0. The molecule has 4 nitrogen and oxygen atoms in total. The molecule has 0 aliphatic carbocycles. The van der Waals surface area contributed by atoms with Gasteiger partial charge in [0.15, 0.2) is 5.78 Å². The van der Waals surface area contributed by atoms with Gasteiger partial charge in [-0.1, -0.05) is 13.8 Å². The number of Topliss-reactive ketones (excluding diaryl/α,β-unsaturated/α-hetero) is 1. The molecule has 0 bridgehead atoms. The van der Waals surface area contributed by atoms with Gasteiger partial charge in [-0.15, -0.1) is 0 Å². The number of likely N-dealkylation sites (tertiary alicyclic amines) is 1. The van der Waals surface area contributed by atoms with Crippen LogP contribution in [-0.4, -0.2) is 38.9 Å². The number of aromatic nitrogens is 2. The lowest BCUT2D eigenvalue weighted by Gasteiger charge is -2.39. The maximum atomic E-state index is 12.8. The highest BCUT2D eigenvalue weighted by Crippen LogP contribution is 2.30. The molecule has 1 aromatic heterocycles. The molecule has 2 rings (SSSR count). The summed E-state index contributed by atoms with van der Waals surface area (Å²) < 4.78 is 2.00. The van der Waals surface area contributed by atoms with Crippen LogP contribution in [-0.2, 0) is 18.3 Å². The SMILES string of the molecule is CCC(CC)(C(=O)CCc1nccn1C)N1CCCC1. The van der Waals surface area contributed by atoms with Crippen molar-refractivity contribution in [2.75, 3.05) is 13.1 Å². The highest BCUT2D eigenvalue weighted by atomic mass is 16.1. The van der Waals surface area contributed by atoms with Gasteiger partial charge in [0.25, 0.3) is 0 Å². The van der Waals surface area contributed by atoms with Crippen molar-refractivity contribution in [1.82, 2.24) is 14.5 Å². The van der Waals surface area contributed by atoms with Gasteiger partial charge in [0.2, 0.25) is 0 Å². The lowest BCUT2D eigenvalue weighted by Crippen LogP contribution is -2.52. The number of imidazole rings is 1. The molecule has 0 aromatic carbocycles. The fraction of sp³-hybridized carbons (Fsp3) is 0.750. The van der Waals surface area contributed by atoms with Crippen molar-refractivity contribution in [3.8, 4) is 0 Å². The van der Waals surface area contributed by atoms with Crippen LogP contribution in [0.4, 0.5) is 0 Å².